The van der Waals surface area contributed by atoms with Gasteiger partial charge in [-0.2, -0.15) is 0 Å². The number of carbonyl (C=O) groups is 1. The fraction of sp³-hybridized carbons (Fsp3) is 0.364. The van der Waals surface area contributed by atoms with Crippen LogP contribution in [-0.4, -0.2) is 10.6 Å². The number of ketones is 1. The molecule has 13 heavy (non-hydrogen) atoms. The minimum Gasteiger partial charge on any atom is -0.295 e. The van der Waals surface area contributed by atoms with Crippen LogP contribution in [0.4, 0.5) is 0 Å². The molecule has 2 heteroatoms. The Kier molecular flexibility index (Phi) is 4.16. The Hall–Kier alpha value is -0.630. The summed E-state index contributed by atoms with van der Waals surface area (Å²) in [4.78, 5) is 11.5. The molecule has 0 aromatic heterocycles. The molecule has 0 unspecified atom stereocenters. The molecule has 0 bridgehead atoms. The van der Waals surface area contributed by atoms with Gasteiger partial charge < -0.3 is 0 Å². The average Bonchev–Trinajstić information content (AvgIpc) is 2.90. The highest BCUT2D eigenvalue weighted by molar-refractivity contribution is 9.09. The zero-order chi connectivity index (χ0) is 9.68. The van der Waals surface area contributed by atoms with Gasteiger partial charge in [-0.1, -0.05) is 46.3 Å². The van der Waals surface area contributed by atoms with Gasteiger partial charge in [-0.15, -0.1) is 0 Å². The average molecular weight is 241 g/mol. The zero-order valence-electron chi connectivity index (χ0n) is 7.66. The molecule has 0 radical (unpaired) electrons. The first kappa shape index (κ1) is 10.5. The molecular weight excluding hydrogens is 228 g/mol. The summed E-state index contributed by atoms with van der Waals surface area (Å²) < 4.78 is 0. The van der Waals surface area contributed by atoms with E-state index in [0.29, 0.717) is 0 Å². The summed E-state index contributed by atoms with van der Waals surface area (Å²) in [6.07, 6.45) is 2.81. The minimum atomic E-state index is 0.121. The van der Waals surface area contributed by atoms with Gasteiger partial charge in [-0.05, 0) is 19.8 Å². The fourth-order valence-corrected chi connectivity index (χ4v) is 1.00. The third kappa shape index (κ3) is 4.83. The van der Waals surface area contributed by atoms with Gasteiger partial charge in [0.1, 0.15) is 0 Å². The Morgan fingerprint density at radius 3 is 2.00 bits per heavy atom. The SMILES string of the molecule is BrC1CC1.CC(=O)c1ccccc1. The molecule has 0 amide bonds. The van der Waals surface area contributed by atoms with E-state index in [1.807, 2.05) is 30.3 Å². The van der Waals surface area contributed by atoms with E-state index in [0.717, 1.165) is 10.4 Å². The van der Waals surface area contributed by atoms with Gasteiger partial charge >= 0.3 is 0 Å². The zero-order valence-corrected chi connectivity index (χ0v) is 9.25. The van der Waals surface area contributed by atoms with Gasteiger partial charge in [-0.3, -0.25) is 4.79 Å². The number of halogens is 1. The Morgan fingerprint density at radius 2 is 1.77 bits per heavy atom. The van der Waals surface area contributed by atoms with E-state index in [1.54, 1.807) is 6.92 Å². The number of benzene rings is 1. The number of Topliss-reactive ketones (excluding diaryl/α,β-unsaturated/α-hetero) is 1. The molecule has 1 fully saturated rings. The van der Waals surface area contributed by atoms with E-state index in [2.05, 4.69) is 15.9 Å². The fourth-order valence-electron chi connectivity index (χ4n) is 0.736. The molecule has 0 saturated heterocycles. The van der Waals surface area contributed by atoms with E-state index in [1.165, 1.54) is 12.8 Å². The molecule has 1 nitrogen and oxygen atoms in total. The van der Waals surface area contributed by atoms with Gasteiger partial charge in [0.05, 0.1) is 0 Å². The molecule has 1 aliphatic rings. The quantitative estimate of drug-likeness (QED) is 0.543. The van der Waals surface area contributed by atoms with Crippen molar-refractivity contribution in [3.05, 3.63) is 35.9 Å². The van der Waals surface area contributed by atoms with Crippen LogP contribution in [0, 0.1) is 0 Å². The lowest BCUT2D eigenvalue weighted by atomic mass is 10.2. The second-order valence-electron chi connectivity index (χ2n) is 3.10. The van der Waals surface area contributed by atoms with Crippen LogP contribution in [0.5, 0.6) is 0 Å². The number of carbonyl (C=O) groups excluding carboxylic acids is 1. The van der Waals surface area contributed by atoms with Crippen LogP contribution in [0.25, 0.3) is 0 Å². The highest BCUT2D eigenvalue weighted by Crippen LogP contribution is 2.27. The van der Waals surface area contributed by atoms with Crippen molar-refractivity contribution in [2.75, 3.05) is 0 Å². The molecule has 1 aromatic carbocycles. The highest BCUT2D eigenvalue weighted by Gasteiger charge is 2.15. The van der Waals surface area contributed by atoms with Gasteiger partial charge in [-0.25, -0.2) is 0 Å². The summed E-state index contributed by atoms with van der Waals surface area (Å²) in [5.41, 5.74) is 0.775. The maximum Gasteiger partial charge on any atom is 0.159 e. The van der Waals surface area contributed by atoms with Crippen molar-refractivity contribution in [2.24, 2.45) is 0 Å². The first-order valence-corrected chi connectivity index (χ1v) is 5.32. The first-order valence-electron chi connectivity index (χ1n) is 4.40. The maximum atomic E-state index is 10.6. The van der Waals surface area contributed by atoms with Gasteiger partial charge in [0.15, 0.2) is 5.78 Å². The van der Waals surface area contributed by atoms with Gasteiger partial charge in [0.25, 0.3) is 0 Å². The van der Waals surface area contributed by atoms with Crippen LogP contribution >= 0.6 is 15.9 Å². The van der Waals surface area contributed by atoms with E-state index >= 15 is 0 Å². The molecule has 1 aliphatic carbocycles. The third-order valence-electron chi connectivity index (χ3n) is 1.69. The smallest absolute Gasteiger partial charge is 0.159 e. The molecule has 0 atom stereocenters. The Balaban J connectivity index is 0.000000175. The van der Waals surface area contributed by atoms with Crippen molar-refractivity contribution in [1.82, 2.24) is 0 Å². The van der Waals surface area contributed by atoms with E-state index in [9.17, 15) is 4.79 Å². The summed E-state index contributed by atoms with van der Waals surface area (Å²) >= 11 is 3.38. The van der Waals surface area contributed by atoms with Crippen molar-refractivity contribution < 1.29 is 4.79 Å². The Labute approximate surface area is 87.3 Å². The van der Waals surface area contributed by atoms with E-state index in [4.69, 9.17) is 0 Å². The Morgan fingerprint density at radius 1 is 1.31 bits per heavy atom. The number of hydrogen-bond donors (Lipinski definition) is 0. The summed E-state index contributed by atoms with van der Waals surface area (Å²) in [7, 11) is 0. The van der Waals surface area contributed by atoms with Crippen LogP contribution in [0.1, 0.15) is 30.1 Å². The molecular formula is C11H13BrO. The van der Waals surface area contributed by atoms with Crippen LogP contribution < -0.4 is 0 Å². The summed E-state index contributed by atoms with van der Waals surface area (Å²) in [6, 6.07) is 9.23. The second-order valence-corrected chi connectivity index (χ2v) is 4.39. The summed E-state index contributed by atoms with van der Waals surface area (Å²) in [6.45, 7) is 1.56. The molecule has 1 aromatic rings. The predicted molar refractivity (Wildman–Crippen MR) is 58.4 cm³/mol. The first-order chi connectivity index (χ1) is 6.20. The third-order valence-corrected chi connectivity index (χ3v) is 2.60. The van der Waals surface area contributed by atoms with Crippen LogP contribution in [-0.2, 0) is 0 Å². The van der Waals surface area contributed by atoms with Crippen molar-refractivity contribution >= 4 is 21.7 Å². The molecule has 0 N–H and O–H groups in total. The molecule has 0 aliphatic heterocycles. The van der Waals surface area contributed by atoms with Crippen molar-refractivity contribution in [1.29, 1.82) is 0 Å². The largest absolute Gasteiger partial charge is 0.295 e. The summed E-state index contributed by atoms with van der Waals surface area (Å²) in [5.74, 6) is 0.121. The monoisotopic (exact) mass is 240 g/mol. The van der Waals surface area contributed by atoms with Crippen molar-refractivity contribution in [3.63, 3.8) is 0 Å². The van der Waals surface area contributed by atoms with Crippen LogP contribution in [0.15, 0.2) is 30.3 Å². The lowest BCUT2D eigenvalue weighted by Gasteiger charge is -1.89. The van der Waals surface area contributed by atoms with Gasteiger partial charge in [0.2, 0.25) is 0 Å². The van der Waals surface area contributed by atoms with Crippen LogP contribution in [0.3, 0.4) is 0 Å². The Bertz CT molecular complexity index is 265. The maximum absolute atomic E-state index is 10.6. The highest BCUT2D eigenvalue weighted by atomic mass is 79.9. The van der Waals surface area contributed by atoms with Gasteiger partial charge in [0, 0.05) is 10.4 Å². The van der Waals surface area contributed by atoms with E-state index in [-0.39, 0.29) is 5.78 Å². The van der Waals surface area contributed by atoms with Crippen molar-refractivity contribution in [2.45, 2.75) is 24.6 Å². The predicted octanol–water partition coefficient (Wildman–Crippen LogP) is 3.43. The molecule has 2 rings (SSSR count). The van der Waals surface area contributed by atoms with Crippen molar-refractivity contribution in [3.8, 4) is 0 Å². The molecule has 70 valence electrons. The molecule has 0 heterocycles. The summed E-state index contributed by atoms with van der Waals surface area (Å²) in [5, 5.41) is 0. The normalized spacial score (nSPS) is 14.3. The standard InChI is InChI=1S/C8H8O.C3H5Br/c1-7(9)8-5-3-2-4-6-8;4-3-1-2-3/h2-6H,1H3;3H,1-2H2. The lowest BCUT2D eigenvalue weighted by molar-refractivity contribution is 0.101. The lowest BCUT2D eigenvalue weighted by Crippen LogP contribution is -1.88. The van der Waals surface area contributed by atoms with Crippen LogP contribution in [0.2, 0.25) is 0 Å². The minimum absolute atomic E-state index is 0.121. The number of hydrogen-bond acceptors (Lipinski definition) is 1. The molecule has 1 saturated carbocycles. The number of alkyl halides is 1. The molecule has 0 spiro atoms. The van der Waals surface area contributed by atoms with E-state index < -0.39 is 0 Å². The second kappa shape index (κ2) is 5.18. The topological polar surface area (TPSA) is 17.1 Å². The number of rotatable bonds is 1.